The van der Waals surface area contributed by atoms with Gasteiger partial charge in [0.15, 0.2) is 0 Å². The molecular weight excluding hydrogens is 204 g/mol. The standard InChI is InChI=1S/C11H20N4O/c1-16-7-6-15-9-11(8-13-15)14-10-2-4-12-5-3-10/h8-10,12,14H,2-7H2,1H3. The van der Waals surface area contributed by atoms with Gasteiger partial charge in [0.25, 0.3) is 0 Å². The molecule has 1 aromatic heterocycles. The van der Waals surface area contributed by atoms with E-state index < -0.39 is 0 Å². The second kappa shape index (κ2) is 5.86. The molecule has 0 spiro atoms. The number of piperidine rings is 1. The van der Waals surface area contributed by atoms with Crippen molar-refractivity contribution in [2.75, 3.05) is 32.1 Å². The molecule has 2 N–H and O–H groups in total. The summed E-state index contributed by atoms with van der Waals surface area (Å²) in [5.74, 6) is 0. The quantitative estimate of drug-likeness (QED) is 0.773. The molecule has 0 aromatic carbocycles. The Morgan fingerprint density at radius 2 is 2.38 bits per heavy atom. The van der Waals surface area contributed by atoms with Crippen molar-refractivity contribution in [1.29, 1.82) is 0 Å². The number of rotatable bonds is 5. The molecule has 1 fully saturated rings. The van der Waals surface area contributed by atoms with Crippen molar-refractivity contribution in [3.8, 4) is 0 Å². The number of nitrogens with one attached hydrogen (secondary N) is 2. The highest BCUT2D eigenvalue weighted by atomic mass is 16.5. The van der Waals surface area contributed by atoms with Crippen molar-refractivity contribution >= 4 is 5.69 Å². The van der Waals surface area contributed by atoms with E-state index in [1.807, 2.05) is 17.1 Å². The van der Waals surface area contributed by atoms with Gasteiger partial charge >= 0.3 is 0 Å². The van der Waals surface area contributed by atoms with E-state index in [-0.39, 0.29) is 0 Å². The molecule has 2 rings (SSSR count). The zero-order valence-electron chi connectivity index (χ0n) is 9.78. The van der Waals surface area contributed by atoms with Crippen LogP contribution in [0.3, 0.4) is 0 Å². The van der Waals surface area contributed by atoms with Crippen molar-refractivity contribution in [2.24, 2.45) is 0 Å². The molecule has 0 atom stereocenters. The summed E-state index contributed by atoms with van der Waals surface area (Å²) >= 11 is 0. The molecule has 1 saturated heterocycles. The molecule has 16 heavy (non-hydrogen) atoms. The predicted octanol–water partition coefficient (Wildman–Crippen LogP) is 0.693. The zero-order chi connectivity index (χ0) is 11.2. The zero-order valence-corrected chi connectivity index (χ0v) is 9.78. The third kappa shape index (κ3) is 3.21. The number of ether oxygens (including phenoxy) is 1. The van der Waals surface area contributed by atoms with Gasteiger partial charge in [-0.2, -0.15) is 5.10 Å². The lowest BCUT2D eigenvalue weighted by Crippen LogP contribution is -2.35. The highest BCUT2D eigenvalue weighted by Gasteiger charge is 2.12. The molecule has 0 aliphatic carbocycles. The van der Waals surface area contributed by atoms with Gasteiger partial charge in [-0.1, -0.05) is 0 Å². The molecule has 5 nitrogen and oxygen atoms in total. The number of hydrogen-bond donors (Lipinski definition) is 2. The van der Waals surface area contributed by atoms with Gasteiger partial charge in [0.1, 0.15) is 0 Å². The van der Waals surface area contributed by atoms with Crippen LogP contribution >= 0.6 is 0 Å². The van der Waals surface area contributed by atoms with Crippen LogP contribution in [0.25, 0.3) is 0 Å². The summed E-state index contributed by atoms with van der Waals surface area (Å²) in [7, 11) is 1.71. The maximum Gasteiger partial charge on any atom is 0.0728 e. The molecule has 2 heterocycles. The number of hydrogen-bond acceptors (Lipinski definition) is 4. The van der Waals surface area contributed by atoms with Gasteiger partial charge in [-0.05, 0) is 25.9 Å². The van der Waals surface area contributed by atoms with Crippen LogP contribution in [0.4, 0.5) is 5.69 Å². The number of aromatic nitrogens is 2. The average molecular weight is 224 g/mol. The first kappa shape index (κ1) is 11.4. The first-order chi connectivity index (χ1) is 7.88. The first-order valence-electron chi connectivity index (χ1n) is 5.87. The van der Waals surface area contributed by atoms with E-state index >= 15 is 0 Å². The molecule has 0 saturated carbocycles. The lowest BCUT2D eigenvalue weighted by atomic mass is 10.1. The fraction of sp³-hybridized carbons (Fsp3) is 0.727. The van der Waals surface area contributed by atoms with Crippen LogP contribution in [-0.4, -0.2) is 42.6 Å². The fourth-order valence-electron chi connectivity index (χ4n) is 1.95. The summed E-state index contributed by atoms with van der Waals surface area (Å²) in [5, 5.41) is 11.1. The van der Waals surface area contributed by atoms with Crippen molar-refractivity contribution in [3.63, 3.8) is 0 Å². The lowest BCUT2D eigenvalue weighted by Gasteiger charge is -2.23. The number of nitrogens with zero attached hydrogens (tertiary/aromatic N) is 2. The smallest absolute Gasteiger partial charge is 0.0728 e. The first-order valence-corrected chi connectivity index (χ1v) is 5.87. The summed E-state index contributed by atoms with van der Waals surface area (Å²) in [4.78, 5) is 0. The minimum Gasteiger partial charge on any atom is -0.383 e. The van der Waals surface area contributed by atoms with Gasteiger partial charge in [0.2, 0.25) is 0 Å². The van der Waals surface area contributed by atoms with Crippen LogP contribution in [0.15, 0.2) is 12.4 Å². The van der Waals surface area contributed by atoms with E-state index in [4.69, 9.17) is 4.74 Å². The molecule has 5 heteroatoms. The molecule has 90 valence electrons. The summed E-state index contributed by atoms with van der Waals surface area (Å²) in [6, 6.07) is 0.585. The highest BCUT2D eigenvalue weighted by Crippen LogP contribution is 2.12. The van der Waals surface area contributed by atoms with Gasteiger partial charge in [0.05, 0.1) is 25.0 Å². The summed E-state index contributed by atoms with van der Waals surface area (Å²) in [5.41, 5.74) is 1.11. The SMILES string of the molecule is COCCn1cc(NC2CCNCC2)cn1. The van der Waals surface area contributed by atoms with Crippen molar-refractivity contribution < 1.29 is 4.74 Å². The Bertz CT molecular complexity index is 307. The number of methoxy groups -OCH3 is 1. The van der Waals surface area contributed by atoms with E-state index in [0.29, 0.717) is 12.6 Å². The Morgan fingerprint density at radius 3 is 3.12 bits per heavy atom. The Hall–Kier alpha value is -1.07. The fourth-order valence-corrected chi connectivity index (χ4v) is 1.95. The Kier molecular flexibility index (Phi) is 4.18. The van der Waals surface area contributed by atoms with Crippen LogP contribution in [0, 0.1) is 0 Å². The average Bonchev–Trinajstić information content (AvgIpc) is 2.75. The second-order valence-corrected chi connectivity index (χ2v) is 4.15. The highest BCUT2D eigenvalue weighted by molar-refractivity contribution is 5.39. The topological polar surface area (TPSA) is 51.1 Å². The van der Waals surface area contributed by atoms with Crippen molar-refractivity contribution in [3.05, 3.63) is 12.4 Å². The van der Waals surface area contributed by atoms with Crippen molar-refractivity contribution in [2.45, 2.75) is 25.4 Å². The Balaban J connectivity index is 1.81. The third-order valence-corrected chi connectivity index (χ3v) is 2.87. The third-order valence-electron chi connectivity index (χ3n) is 2.87. The molecule has 0 unspecified atom stereocenters. The molecule has 0 bridgehead atoms. The van der Waals surface area contributed by atoms with Crippen LogP contribution in [0.2, 0.25) is 0 Å². The van der Waals surface area contributed by atoms with E-state index in [2.05, 4.69) is 15.7 Å². The van der Waals surface area contributed by atoms with E-state index in [9.17, 15) is 0 Å². The van der Waals surface area contributed by atoms with E-state index in [0.717, 1.165) is 25.3 Å². The van der Waals surface area contributed by atoms with Gasteiger partial charge in [0, 0.05) is 19.3 Å². The summed E-state index contributed by atoms with van der Waals surface area (Å²) in [6.07, 6.45) is 6.30. The van der Waals surface area contributed by atoms with Gasteiger partial charge in [-0.3, -0.25) is 4.68 Å². The monoisotopic (exact) mass is 224 g/mol. The summed E-state index contributed by atoms with van der Waals surface area (Å²) in [6.45, 7) is 3.73. The van der Waals surface area contributed by atoms with Gasteiger partial charge in [-0.25, -0.2) is 0 Å². The molecule has 0 radical (unpaired) electrons. The second-order valence-electron chi connectivity index (χ2n) is 4.15. The van der Waals surface area contributed by atoms with E-state index in [1.54, 1.807) is 7.11 Å². The molecule has 1 aromatic rings. The van der Waals surface area contributed by atoms with Crippen molar-refractivity contribution in [1.82, 2.24) is 15.1 Å². The Morgan fingerprint density at radius 1 is 1.56 bits per heavy atom. The molecular formula is C11H20N4O. The van der Waals surface area contributed by atoms with Crippen LogP contribution in [0.5, 0.6) is 0 Å². The maximum absolute atomic E-state index is 5.02. The molecule has 0 amide bonds. The van der Waals surface area contributed by atoms with Gasteiger partial charge < -0.3 is 15.4 Å². The predicted molar refractivity (Wildman–Crippen MR) is 63.6 cm³/mol. The maximum atomic E-state index is 5.02. The minimum atomic E-state index is 0.585. The van der Waals surface area contributed by atoms with Gasteiger partial charge in [-0.15, -0.1) is 0 Å². The largest absolute Gasteiger partial charge is 0.383 e. The van der Waals surface area contributed by atoms with E-state index in [1.165, 1.54) is 12.8 Å². The molecule has 1 aliphatic rings. The molecule has 1 aliphatic heterocycles. The number of anilines is 1. The van der Waals surface area contributed by atoms with Crippen LogP contribution < -0.4 is 10.6 Å². The van der Waals surface area contributed by atoms with Crippen LogP contribution in [-0.2, 0) is 11.3 Å². The summed E-state index contributed by atoms with van der Waals surface area (Å²) < 4.78 is 6.93. The lowest BCUT2D eigenvalue weighted by molar-refractivity contribution is 0.183. The Labute approximate surface area is 96.2 Å². The normalized spacial score (nSPS) is 17.6. The van der Waals surface area contributed by atoms with Crippen LogP contribution in [0.1, 0.15) is 12.8 Å². The minimum absolute atomic E-state index is 0.585.